The topological polar surface area (TPSA) is 116 Å². The molecule has 1 fully saturated rings. The molecule has 1 aromatic heterocycles. The largest absolute Gasteiger partial charge is 0.339 e. The number of H-pyrrole nitrogens is 1. The first-order chi connectivity index (χ1) is 17.1. The van der Waals surface area contributed by atoms with E-state index in [1.54, 1.807) is 0 Å². The van der Waals surface area contributed by atoms with Crippen LogP contribution in [0.1, 0.15) is 48.0 Å². The molecule has 3 aromatic rings. The van der Waals surface area contributed by atoms with Gasteiger partial charge in [-0.1, -0.05) is 54.8 Å². The molecule has 3 amide bonds. The lowest BCUT2D eigenvalue weighted by atomic mass is 9.91. The molecule has 184 valence electrons. The van der Waals surface area contributed by atoms with E-state index in [1.807, 2.05) is 53.4 Å². The standard InChI is InChI=1S/C25H30ClN7O2/c26-20-10-8-19(9-11-20)17-28-25(35)27-14-4-3-5-18-12-15-33(16-13-18)24(34)22-7-2-1-6-21(22)23-29-31-32-30-23/h1-2,6-11,18H,3-5,12-17H2,(H2,27,28,35)(H,29,30,31,32). The Labute approximate surface area is 209 Å². The SMILES string of the molecule is O=C(NCCCCC1CCN(C(=O)c2ccccc2-c2nn[nH]n2)CC1)NCc1ccc(Cl)cc1. The average molecular weight is 496 g/mol. The Morgan fingerprint density at radius 1 is 1.03 bits per heavy atom. The fourth-order valence-electron chi connectivity index (χ4n) is 4.34. The maximum atomic E-state index is 13.1. The third-order valence-corrected chi connectivity index (χ3v) is 6.59. The van der Waals surface area contributed by atoms with Crippen molar-refractivity contribution in [1.29, 1.82) is 0 Å². The molecule has 0 saturated carbocycles. The van der Waals surface area contributed by atoms with Gasteiger partial charge in [0.25, 0.3) is 5.91 Å². The first kappa shape index (κ1) is 24.7. The summed E-state index contributed by atoms with van der Waals surface area (Å²) in [5.74, 6) is 1.04. The molecule has 2 heterocycles. The van der Waals surface area contributed by atoms with E-state index in [9.17, 15) is 9.59 Å². The maximum Gasteiger partial charge on any atom is 0.315 e. The molecule has 0 radical (unpaired) electrons. The Hall–Kier alpha value is -3.46. The van der Waals surface area contributed by atoms with Crippen molar-refractivity contribution in [3.05, 3.63) is 64.7 Å². The van der Waals surface area contributed by atoms with Crippen molar-refractivity contribution in [3.8, 4) is 11.4 Å². The van der Waals surface area contributed by atoms with E-state index in [2.05, 4.69) is 31.3 Å². The summed E-state index contributed by atoms with van der Waals surface area (Å²) < 4.78 is 0. The van der Waals surface area contributed by atoms with Crippen molar-refractivity contribution in [3.63, 3.8) is 0 Å². The van der Waals surface area contributed by atoms with Crippen LogP contribution in [0.3, 0.4) is 0 Å². The summed E-state index contributed by atoms with van der Waals surface area (Å²) in [5, 5.41) is 20.5. The summed E-state index contributed by atoms with van der Waals surface area (Å²) in [7, 11) is 0. The Balaban J connectivity index is 1.12. The number of aromatic nitrogens is 4. The van der Waals surface area contributed by atoms with Gasteiger partial charge in [0.1, 0.15) is 0 Å². The number of aromatic amines is 1. The van der Waals surface area contributed by atoms with Gasteiger partial charge in [-0.05, 0) is 54.2 Å². The number of hydrogen-bond acceptors (Lipinski definition) is 5. The Morgan fingerprint density at radius 2 is 1.80 bits per heavy atom. The normalized spacial score (nSPS) is 14.0. The van der Waals surface area contributed by atoms with Crippen molar-refractivity contribution in [2.75, 3.05) is 19.6 Å². The van der Waals surface area contributed by atoms with Crippen LogP contribution in [0.25, 0.3) is 11.4 Å². The number of halogens is 1. The number of rotatable bonds is 9. The molecule has 10 heteroatoms. The van der Waals surface area contributed by atoms with Gasteiger partial charge in [-0.25, -0.2) is 4.79 Å². The number of carbonyl (C=O) groups is 2. The highest BCUT2D eigenvalue weighted by molar-refractivity contribution is 6.30. The van der Waals surface area contributed by atoms with E-state index in [0.29, 0.717) is 41.0 Å². The number of carbonyl (C=O) groups excluding carboxylic acids is 2. The van der Waals surface area contributed by atoms with Gasteiger partial charge in [0, 0.05) is 36.8 Å². The van der Waals surface area contributed by atoms with Crippen LogP contribution < -0.4 is 10.6 Å². The highest BCUT2D eigenvalue weighted by Gasteiger charge is 2.25. The van der Waals surface area contributed by atoms with Gasteiger partial charge in [-0.15, -0.1) is 10.2 Å². The molecule has 0 bridgehead atoms. The van der Waals surface area contributed by atoms with E-state index < -0.39 is 0 Å². The zero-order valence-electron chi connectivity index (χ0n) is 19.5. The number of urea groups is 1. The van der Waals surface area contributed by atoms with Crippen molar-refractivity contribution in [2.45, 2.75) is 38.6 Å². The number of benzene rings is 2. The number of tetrazole rings is 1. The Morgan fingerprint density at radius 3 is 2.54 bits per heavy atom. The van der Waals surface area contributed by atoms with E-state index >= 15 is 0 Å². The minimum Gasteiger partial charge on any atom is -0.339 e. The number of hydrogen-bond donors (Lipinski definition) is 3. The number of nitrogens with one attached hydrogen (secondary N) is 3. The summed E-state index contributed by atoms with van der Waals surface area (Å²) in [5.41, 5.74) is 2.30. The van der Waals surface area contributed by atoms with Crippen molar-refractivity contribution < 1.29 is 9.59 Å². The summed E-state index contributed by atoms with van der Waals surface area (Å²) in [4.78, 5) is 27.0. The van der Waals surface area contributed by atoms with Crippen molar-refractivity contribution in [1.82, 2.24) is 36.2 Å². The summed E-state index contributed by atoms with van der Waals surface area (Å²) >= 11 is 5.87. The maximum absolute atomic E-state index is 13.1. The molecule has 0 spiro atoms. The van der Waals surface area contributed by atoms with Crippen LogP contribution in [0, 0.1) is 5.92 Å². The van der Waals surface area contributed by atoms with Gasteiger partial charge in [0.15, 0.2) is 0 Å². The smallest absolute Gasteiger partial charge is 0.315 e. The first-order valence-corrected chi connectivity index (χ1v) is 12.4. The van der Waals surface area contributed by atoms with Gasteiger partial charge in [0.2, 0.25) is 5.82 Å². The van der Waals surface area contributed by atoms with Crippen molar-refractivity contribution in [2.24, 2.45) is 5.92 Å². The molecule has 3 N–H and O–H groups in total. The van der Waals surface area contributed by atoms with Crippen LogP contribution >= 0.6 is 11.6 Å². The lowest BCUT2D eigenvalue weighted by Crippen LogP contribution is -2.38. The number of amides is 3. The van der Waals surface area contributed by atoms with Crippen molar-refractivity contribution >= 4 is 23.5 Å². The third-order valence-electron chi connectivity index (χ3n) is 6.34. The predicted octanol–water partition coefficient (Wildman–Crippen LogP) is 4.04. The highest BCUT2D eigenvalue weighted by Crippen LogP contribution is 2.26. The molecule has 0 aliphatic carbocycles. The molecule has 1 aliphatic rings. The summed E-state index contributed by atoms with van der Waals surface area (Å²) in [6.07, 6.45) is 5.08. The number of likely N-dealkylation sites (tertiary alicyclic amines) is 1. The zero-order chi connectivity index (χ0) is 24.5. The predicted molar refractivity (Wildman–Crippen MR) is 134 cm³/mol. The van der Waals surface area contributed by atoms with Gasteiger partial charge in [-0.3, -0.25) is 4.79 Å². The quantitative estimate of drug-likeness (QED) is 0.387. The number of piperidine rings is 1. The summed E-state index contributed by atoms with van der Waals surface area (Å²) in [6.45, 7) is 2.61. The second kappa shape index (κ2) is 12.3. The fraction of sp³-hybridized carbons (Fsp3) is 0.400. The van der Waals surface area contributed by atoms with Crippen LogP contribution in [-0.4, -0.2) is 57.1 Å². The van der Waals surface area contributed by atoms with Gasteiger partial charge < -0.3 is 15.5 Å². The Bertz CT molecular complexity index is 1100. The molecule has 1 aliphatic heterocycles. The van der Waals surface area contributed by atoms with Gasteiger partial charge in [-0.2, -0.15) is 5.21 Å². The zero-order valence-corrected chi connectivity index (χ0v) is 20.3. The molecule has 1 saturated heterocycles. The molecule has 0 atom stereocenters. The van der Waals surface area contributed by atoms with Crippen LogP contribution in [0.5, 0.6) is 0 Å². The number of nitrogens with zero attached hydrogens (tertiary/aromatic N) is 4. The van der Waals surface area contributed by atoms with Gasteiger partial charge in [0.05, 0.1) is 5.56 Å². The monoisotopic (exact) mass is 495 g/mol. The summed E-state index contributed by atoms with van der Waals surface area (Å²) in [6, 6.07) is 14.6. The van der Waals surface area contributed by atoms with Crippen LogP contribution in [0.4, 0.5) is 4.79 Å². The Kier molecular flexibility index (Phi) is 8.67. The number of unbranched alkanes of at least 4 members (excludes halogenated alkanes) is 1. The highest BCUT2D eigenvalue weighted by atomic mass is 35.5. The molecule has 35 heavy (non-hydrogen) atoms. The van der Waals surface area contributed by atoms with E-state index in [0.717, 1.165) is 50.8 Å². The van der Waals surface area contributed by atoms with Crippen LogP contribution in [-0.2, 0) is 6.54 Å². The van der Waals surface area contributed by atoms with E-state index in [-0.39, 0.29) is 11.9 Å². The van der Waals surface area contributed by atoms with E-state index in [1.165, 1.54) is 0 Å². The molecular weight excluding hydrogens is 466 g/mol. The lowest BCUT2D eigenvalue weighted by Gasteiger charge is -2.32. The molecule has 9 nitrogen and oxygen atoms in total. The average Bonchev–Trinajstić information content (AvgIpc) is 3.43. The second-order valence-corrected chi connectivity index (χ2v) is 9.18. The minimum absolute atomic E-state index is 0.0117. The van der Waals surface area contributed by atoms with E-state index in [4.69, 9.17) is 11.6 Å². The molecular formula is C25H30ClN7O2. The molecule has 2 aromatic carbocycles. The molecule has 4 rings (SSSR count). The molecule has 0 unspecified atom stereocenters. The third kappa shape index (κ3) is 7.02. The van der Waals surface area contributed by atoms with Crippen LogP contribution in [0.2, 0.25) is 5.02 Å². The van der Waals surface area contributed by atoms with Crippen LogP contribution in [0.15, 0.2) is 48.5 Å². The fourth-order valence-corrected chi connectivity index (χ4v) is 4.47. The second-order valence-electron chi connectivity index (χ2n) is 8.75. The lowest BCUT2D eigenvalue weighted by molar-refractivity contribution is 0.0686. The van der Waals surface area contributed by atoms with Gasteiger partial charge >= 0.3 is 6.03 Å². The minimum atomic E-state index is -0.159. The first-order valence-electron chi connectivity index (χ1n) is 12.0.